The molecule has 0 bridgehead atoms. The lowest BCUT2D eigenvalue weighted by atomic mass is 10.0. The Labute approximate surface area is 102 Å². The van der Waals surface area contributed by atoms with Crippen molar-refractivity contribution in [2.75, 3.05) is 5.32 Å². The molecular weight excluding hydrogens is 281 g/mol. The molecule has 0 spiro atoms. The van der Waals surface area contributed by atoms with Gasteiger partial charge in [0.05, 0.1) is 16.1 Å². The van der Waals surface area contributed by atoms with Gasteiger partial charge in [-0.3, -0.25) is 0 Å². The highest BCUT2D eigenvalue weighted by atomic mass is 79.9. The van der Waals surface area contributed by atoms with E-state index in [1.165, 1.54) is 6.33 Å². The molecule has 1 aromatic heterocycles. The number of hydrogen-bond acceptors (Lipinski definition) is 4. The molecule has 15 heavy (non-hydrogen) atoms. The Kier molecular flexibility index (Phi) is 3.92. The first kappa shape index (κ1) is 12.7. The van der Waals surface area contributed by atoms with Crippen LogP contribution in [0.4, 0.5) is 5.82 Å². The molecule has 0 radical (unpaired) electrons. The summed E-state index contributed by atoms with van der Waals surface area (Å²) in [5.41, 5.74) is -0.836. The molecule has 2 N–H and O–H groups in total. The lowest BCUT2D eigenvalue weighted by molar-refractivity contribution is 0.0647. The third-order valence-electron chi connectivity index (χ3n) is 2.16. The number of anilines is 1. The number of aromatic nitrogens is 2. The first-order valence-electron chi connectivity index (χ1n) is 4.47. The summed E-state index contributed by atoms with van der Waals surface area (Å²) in [5, 5.41) is 13.2. The minimum Gasteiger partial charge on any atom is -0.388 e. The number of hydrogen-bond donors (Lipinski definition) is 2. The van der Waals surface area contributed by atoms with Crippen LogP contribution in [0.15, 0.2) is 10.8 Å². The van der Waals surface area contributed by atoms with E-state index in [0.29, 0.717) is 15.4 Å². The van der Waals surface area contributed by atoms with Crippen LogP contribution in [0.3, 0.4) is 0 Å². The summed E-state index contributed by atoms with van der Waals surface area (Å²) in [5.74, 6) is 0.574. The van der Waals surface area contributed by atoms with Gasteiger partial charge in [-0.25, -0.2) is 9.97 Å². The quantitative estimate of drug-likeness (QED) is 0.841. The van der Waals surface area contributed by atoms with Crippen LogP contribution in [-0.4, -0.2) is 26.7 Å². The second kappa shape index (κ2) is 4.63. The summed E-state index contributed by atoms with van der Waals surface area (Å²) in [7, 11) is 0. The molecule has 0 amide bonds. The third-order valence-corrected chi connectivity index (χ3v) is 3.43. The van der Waals surface area contributed by atoms with Gasteiger partial charge in [0.15, 0.2) is 0 Å². The van der Waals surface area contributed by atoms with Gasteiger partial charge in [0.25, 0.3) is 0 Å². The zero-order valence-corrected chi connectivity index (χ0v) is 11.1. The number of halogens is 2. The Balaban J connectivity index is 2.86. The van der Waals surface area contributed by atoms with E-state index >= 15 is 0 Å². The van der Waals surface area contributed by atoms with Crippen molar-refractivity contribution in [1.29, 1.82) is 0 Å². The summed E-state index contributed by atoms with van der Waals surface area (Å²) in [6.07, 6.45) is 1.37. The van der Waals surface area contributed by atoms with Crippen LogP contribution in [0.1, 0.15) is 20.8 Å². The fourth-order valence-electron chi connectivity index (χ4n) is 0.831. The summed E-state index contributed by atoms with van der Waals surface area (Å²) in [4.78, 5) is 7.84. The molecule has 0 aliphatic rings. The van der Waals surface area contributed by atoms with Crippen molar-refractivity contribution in [2.24, 2.45) is 0 Å². The molecule has 4 nitrogen and oxygen atoms in total. The predicted molar refractivity (Wildman–Crippen MR) is 64.1 cm³/mol. The van der Waals surface area contributed by atoms with E-state index < -0.39 is 5.60 Å². The van der Waals surface area contributed by atoms with Gasteiger partial charge in [-0.1, -0.05) is 11.6 Å². The van der Waals surface area contributed by atoms with Crippen LogP contribution in [0.5, 0.6) is 0 Å². The van der Waals surface area contributed by atoms with Crippen molar-refractivity contribution in [3.63, 3.8) is 0 Å². The Morgan fingerprint density at radius 3 is 2.67 bits per heavy atom. The molecule has 1 heterocycles. The molecule has 0 aliphatic carbocycles. The first-order valence-corrected chi connectivity index (χ1v) is 5.64. The molecule has 0 aliphatic heterocycles. The molecule has 0 saturated heterocycles. The highest BCUT2D eigenvalue weighted by Gasteiger charge is 2.23. The highest BCUT2D eigenvalue weighted by molar-refractivity contribution is 9.10. The van der Waals surface area contributed by atoms with Crippen molar-refractivity contribution < 1.29 is 5.11 Å². The average molecular weight is 295 g/mol. The van der Waals surface area contributed by atoms with E-state index in [-0.39, 0.29) is 6.04 Å². The Bertz CT molecular complexity index is 354. The number of nitrogens with zero attached hydrogens (tertiary/aromatic N) is 2. The zero-order chi connectivity index (χ0) is 11.6. The topological polar surface area (TPSA) is 58.0 Å². The SMILES string of the molecule is CC(Nc1ncnc(Cl)c1Br)C(C)(C)O. The van der Waals surface area contributed by atoms with Crippen LogP contribution in [0.25, 0.3) is 0 Å². The molecule has 1 atom stereocenters. The van der Waals surface area contributed by atoms with Gasteiger partial charge in [0.2, 0.25) is 0 Å². The highest BCUT2D eigenvalue weighted by Crippen LogP contribution is 2.27. The molecule has 1 rings (SSSR count). The number of aliphatic hydroxyl groups is 1. The Morgan fingerprint density at radius 2 is 2.13 bits per heavy atom. The van der Waals surface area contributed by atoms with Gasteiger partial charge in [0.1, 0.15) is 17.3 Å². The Morgan fingerprint density at radius 1 is 1.53 bits per heavy atom. The molecular formula is C9H13BrClN3O. The standard InChI is InChI=1S/C9H13BrClN3O/c1-5(9(2,3)15)14-8-6(10)7(11)12-4-13-8/h4-5,15H,1-3H3,(H,12,13,14). The van der Waals surface area contributed by atoms with Crippen molar-refractivity contribution >= 4 is 33.3 Å². The lowest BCUT2D eigenvalue weighted by Crippen LogP contribution is -2.39. The molecule has 1 unspecified atom stereocenters. The van der Waals surface area contributed by atoms with Crippen molar-refractivity contribution in [3.05, 3.63) is 16.0 Å². The maximum atomic E-state index is 9.75. The second-order valence-corrected chi connectivity index (χ2v) is 5.00. The van der Waals surface area contributed by atoms with Crippen LogP contribution in [-0.2, 0) is 0 Å². The minimum absolute atomic E-state index is 0.153. The van der Waals surface area contributed by atoms with E-state index in [0.717, 1.165) is 0 Å². The van der Waals surface area contributed by atoms with Gasteiger partial charge >= 0.3 is 0 Å². The normalized spacial score (nSPS) is 13.7. The largest absolute Gasteiger partial charge is 0.388 e. The van der Waals surface area contributed by atoms with Gasteiger partial charge in [-0.2, -0.15) is 0 Å². The van der Waals surface area contributed by atoms with Crippen LogP contribution >= 0.6 is 27.5 Å². The van der Waals surface area contributed by atoms with Crippen LogP contribution in [0, 0.1) is 0 Å². The Hall–Kier alpha value is -0.390. The fourth-order valence-corrected chi connectivity index (χ4v) is 1.28. The smallest absolute Gasteiger partial charge is 0.148 e. The molecule has 1 aromatic rings. The van der Waals surface area contributed by atoms with Crippen molar-refractivity contribution in [3.8, 4) is 0 Å². The maximum absolute atomic E-state index is 9.75. The molecule has 84 valence electrons. The van der Waals surface area contributed by atoms with Gasteiger partial charge in [-0.05, 0) is 36.7 Å². The second-order valence-electron chi connectivity index (χ2n) is 3.85. The van der Waals surface area contributed by atoms with Crippen LogP contribution in [0.2, 0.25) is 5.15 Å². The molecule has 0 saturated carbocycles. The van der Waals surface area contributed by atoms with Gasteiger partial charge in [0, 0.05) is 0 Å². The molecule has 0 fully saturated rings. The van der Waals surface area contributed by atoms with Gasteiger partial charge < -0.3 is 10.4 Å². The monoisotopic (exact) mass is 293 g/mol. The number of nitrogens with one attached hydrogen (secondary N) is 1. The fraction of sp³-hybridized carbons (Fsp3) is 0.556. The summed E-state index contributed by atoms with van der Waals surface area (Å²) < 4.78 is 0.600. The summed E-state index contributed by atoms with van der Waals surface area (Å²) in [6.45, 7) is 5.31. The first-order chi connectivity index (χ1) is 6.82. The van der Waals surface area contributed by atoms with Crippen LogP contribution < -0.4 is 5.32 Å². The predicted octanol–water partition coefficient (Wildman–Crippen LogP) is 2.46. The van der Waals surface area contributed by atoms with E-state index in [1.54, 1.807) is 13.8 Å². The molecule has 6 heteroatoms. The van der Waals surface area contributed by atoms with E-state index in [9.17, 15) is 5.11 Å². The number of rotatable bonds is 3. The van der Waals surface area contributed by atoms with E-state index in [1.807, 2.05) is 6.92 Å². The maximum Gasteiger partial charge on any atom is 0.148 e. The molecule has 0 aromatic carbocycles. The van der Waals surface area contributed by atoms with E-state index in [2.05, 4.69) is 31.2 Å². The minimum atomic E-state index is -0.836. The van der Waals surface area contributed by atoms with Crippen molar-refractivity contribution in [1.82, 2.24) is 9.97 Å². The summed E-state index contributed by atoms with van der Waals surface area (Å²) >= 11 is 9.09. The third kappa shape index (κ3) is 3.29. The lowest BCUT2D eigenvalue weighted by Gasteiger charge is -2.27. The summed E-state index contributed by atoms with van der Waals surface area (Å²) in [6, 6.07) is -0.153. The average Bonchev–Trinajstić information content (AvgIpc) is 2.11. The van der Waals surface area contributed by atoms with Gasteiger partial charge in [-0.15, -0.1) is 0 Å². The zero-order valence-electron chi connectivity index (χ0n) is 8.75. The van der Waals surface area contributed by atoms with Crippen molar-refractivity contribution in [2.45, 2.75) is 32.4 Å². The van der Waals surface area contributed by atoms with E-state index in [4.69, 9.17) is 11.6 Å².